The number of halogens is 3. The molecule has 0 aliphatic rings. The predicted octanol–water partition coefficient (Wildman–Crippen LogP) is 2.02. The molecule has 0 aromatic heterocycles. The Labute approximate surface area is 105 Å². The van der Waals surface area contributed by atoms with Gasteiger partial charge in [0, 0.05) is 5.69 Å². The normalized spacial score (nSPS) is 11.5. The minimum atomic E-state index is -4.58. The molecular formula is C9H8BrF2NO3S. The van der Waals surface area contributed by atoms with Gasteiger partial charge >= 0.3 is 5.76 Å². The Morgan fingerprint density at radius 1 is 1.29 bits per heavy atom. The summed E-state index contributed by atoms with van der Waals surface area (Å²) >= 11 is 2.93. The largest absolute Gasteiger partial charge is 0.341 e. The minimum Gasteiger partial charge on any atom is -0.325 e. The first-order valence-electron chi connectivity index (χ1n) is 4.36. The van der Waals surface area contributed by atoms with Crippen LogP contribution in [-0.4, -0.2) is 25.4 Å². The molecule has 1 aromatic carbocycles. The number of amides is 1. The first-order valence-corrected chi connectivity index (χ1v) is 7.02. The lowest BCUT2D eigenvalue weighted by atomic mass is 10.3. The van der Waals surface area contributed by atoms with Crippen LogP contribution in [0.4, 0.5) is 14.5 Å². The maximum absolute atomic E-state index is 12.2. The Bertz CT molecular complexity index is 501. The van der Waals surface area contributed by atoms with E-state index in [0.717, 1.165) is 12.1 Å². The molecule has 8 heteroatoms. The number of alkyl halides is 3. The highest BCUT2D eigenvalue weighted by Crippen LogP contribution is 2.20. The molecule has 0 spiro atoms. The SMILES string of the molecule is O=C(CBr)Nc1ccc(S(=O)(=O)C(F)F)cc1. The first kappa shape index (κ1) is 14.0. The van der Waals surface area contributed by atoms with Crippen molar-refractivity contribution in [2.75, 3.05) is 10.6 Å². The maximum atomic E-state index is 12.2. The van der Waals surface area contributed by atoms with E-state index in [0.29, 0.717) is 5.69 Å². The maximum Gasteiger partial charge on any atom is 0.341 e. The molecule has 0 fully saturated rings. The second-order valence-corrected chi connectivity index (χ2v) is 5.49. The van der Waals surface area contributed by atoms with E-state index in [1.807, 2.05) is 0 Å². The smallest absolute Gasteiger partial charge is 0.325 e. The van der Waals surface area contributed by atoms with Gasteiger partial charge in [-0.15, -0.1) is 0 Å². The lowest BCUT2D eigenvalue weighted by Gasteiger charge is -2.05. The van der Waals surface area contributed by atoms with E-state index in [1.54, 1.807) is 0 Å². The lowest BCUT2D eigenvalue weighted by Crippen LogP contribution is -2.13. The van der Waals surface area contributed by atoms with Crippen molar-refractivity contribution in [2.45, 2.75) is 10.7 Å². The van der Waals surface area contributed by atoms with Crippen LogP contribution in [0.2, 0.25) is 0 Å². The van der Waals surface area contributed by atoms with E-state index >= 15 is 0 Å². The molecule has 17 heavy (non-hydrogen) atoms. The van der Waals surface area contributed by atoms with Gasteiger partial charge in [0.25, 0.3) is 0 Å². The van der Waals surface area contributed by atoms with Crippen LogP contribution in [0.5, 0.6) is 0 Å². The summed E-state index contributed by atoms with van der Waals surface area (Å²) in [5, 5.41) is 2.52. The number of carbonyl (C=O) groups excluding carboxylic acids is 1. The molecule has 1 rings (SSSR count). The molecule has 1 amide bonds. The molecule has 0 saturated carbocycles. The van der Waals surface area contributed by atoms with Crippen LogP contribution in [0.25, 0.3) is 0 Å². The van der Waals surface area contributed by atoms with Crippen molar-refractivity contribution >= 4 is 37.4 Å². The highest BCUT2D eigenvalue weighted by Gasteiger charge is 2.26. The van der Waals surface area contributed by atoms with Gasteiger partial charge in [0.1, 0.15) is 0 Å². The zero-order valence-corrected chi connectivity index (χ0v) is 10.8. The minimum absolute atomic E-state index is 0.0874. The number of nitrogens with one attached hydrogen (secondary N) is 1. The van der Waals surface area contributed by atoms with Crippen LogP contribution in [0.15, 0.2) is 29.2 Å². The third kappa shape index (κ3) is 3.47. The topological polar surface area (TPSA) is 63.2 Å². The van der Waals surface area contributed by atoms with Gasteiger partial charge in [-0.2, -0.15) is 8.78 Å². The Morgan fingerprint density at radius 2 is 1.82 bits per heavy atom. The molecule has 0 radical (unpaired) electrons. The number of hydrogen-bond donors (Lipinski definition) is 1. The van der Waals surface area contributed by atoms with Crippen LogP contribution >= 0.6 is 15.9 Å². The van der Waals surface area contributed by atoms with Crippen molar-refractivity contribution in [2.24, 2.45) is 0 Å². The van der Waals surface area contributed by atoms with Gasteiger partial charge in [0.2, 0.25) is 15.7 Å². The molecule has 1 aromatic rings. The van der Waals surface area contributed by atoms with E-state index in [4.69, 9.17) is 0 Å². The summed E-state index contributed by atoms with van der Waals surface area (Å²) in [6.45, 7) is 0. The Kier molecular flexibility index (Phi) is 4.58. The molecule has 0 aliphatic heterocycles. The third-order valence-corrected chi connectivity index (χ3v) is 3.73. The highest BCUT2D eigenvalue weighted by atomic mass is 79.9. The molecule has 0 unspecified atom stereocenters. The Morgan fingerprint density at radius 3 is 2.24 bits per heavy atom. The monoisotopic (exact) mass is 327 g/mol. The molecule has 94 valence electrons. The molecule has 1 N–H and O–H groups in total. The van der Waals surface area contributed by atoms with Crippen molar-refractivity contribution in [3.05, 3.63) is 24.3 Å². The summed E-state index contributed by atoms with van der Waals surface area (Å²) in [7, 11) is -4.58. The van der Waals surface area contributed by atoms with Crippen molar-refractivity contribution in [1.82, 2.24) is 0 Å². The van der Waals surface area contributed by atoms with Gasteiger partial charge in [-0.1, -0.05) is 15.9 Å². The zero-order valence-electron chi connectivity index (χ0n) is 8.36. The number of benzene rings is 1. The van der Waals surface area contributed by atoms with Crippen molar-refractivity contribution < 1.29 is 22.0 Å². The summed E-state index contributed by atoms with van der Waals surface area (Å²) < 4.78 is 46.6. The summed E-state index contributed by atoms with van der Waals surface area (Å²) in [6.07, 6.45) is 0. The van der Waals surface area contributed by atoms with E-state index in [9.17, 15) is 22.0 Å². The van der Waals surface area contributed by atoms with Crippen LogP contribution in [0, 0.1) is 0 Å². The van der Waals surface area contributed by atoms with Gasteiger partial charge in [0.05, 0.1) is 10.2 Å². The summed E-state index contributed by atoms with van der Waals surface area (Å²) in [5.74, 6) is -3.78. The second kappa shape index (κ2) is 5.54. The number of carbonyl (C=O) groups is 1. The summed E-state index contributed by atoms with van der Waals surface area (Å²) in [5.41, 5.74) is 0.336. The average molecular weight is 328 g/mol. The number of anilines is 1. The van der Waals surface area contributed by atoms with Crippen LogP contribution in [0.1, 0.15) is 0 Å². The van der Waals surface area contributed by atoms with Gasteiger partial charge in [-0.05, 0) is 24.3 Å². The standard InChI is InChI=1S/C9H8BrF2NO3S/c10-5-8(14)13-6-1-3-7(4-2-6)17(15,16)9(11)12/h1-4,9H,5H2,(H,13,14). The highest BCUT2D eigenvalue weighted by molar-refractivity contribution is 9.09. The first-order chi connectivity index (χ1) is 7.87. The predicted molar refractivity (Wildman–Crippen MR) is 62.1 cm³/mol. The van der Waals surface area contributed by atoms with E-state index in [-0.39, 0.29) is 11.2 Å². The Hall–Kier alpha value is -1.02. The van der Waals surface area contributed by atoms with Crippen molar-refractivity contribution in [3.63, 3.8) is 0 Å². The van der Waals surface area contributed by atoms with E-state index in [2.05, 4.69) is 21.2 Å². The van der Waals surface area contributed by atoms with Crippen LogP contribution < -0.4 is 5.32 Å². The van der Waals surface area contributed by atoms with E-state index < -0.39 is 20.5 Å². The van der Waals surface area contributed by atoms with Gasteiger partial charge < -0.3 is 5.32 Å². The third-order valence-electron chi connectivity index (χ3n) is 1.82. The summed E-state index contributed by atoms with van der Waals surface area (Å²) in [6, 6.07) is 4.53. The van der Waals surface area contributed by atoms with Gasteiger partial charge in [-0.3, -0.25) is 4.79 Å². The van der Waals surface area contributed by atoms with Crippen LogP contribution in [0.3, 0.4) is 0 Å². The fourth-order valence-electron chi connectivity index (χ4n) is 1.03. The molecule has 0 heterocycles. The quantitative estimate of drug-likeness (QED) is 0.860. The molecule has 0 bridgehead atoms. The van der Waals surface area contributed by atoms with Gasteiger partial charge in [0.15, 0.2) is 0 Å². The van der Waals surface area contributed by atoms with Gasteiger partial charge in [-0.25, -0.2) is 8.42 Å². The number of rotatable bonds is 4. The van der Waals surface area contributed by atoms with Crippen molar-refractivity contribution in [1.29, 1.82) is 0 Å². The zero-order chi connectivity index (χ0) is 13.1. The Balaban J connectivity index is 2.93. The average Bonchev–Trinajstić information content (AvgIpc) is 2.29. The lowest BCUT2D eigenvalue weighted by molar-refractivity contribution is -0.113. The van der Waals surface area contributed by atoms with E-state index in [1.165, 1.54) is 12.1 Å². The molecule has 0 atom stereocenters. The molecule has 4 nitrogen and oxygen atoms in total. The molecule has 0 saturated heterocycles. The summed E-state index contributed by atoms with van der Waals surface area (Å²) in [4.78, 5) is 10.5. The fourth-order valence-corrected chi connectivity index (χ4v) is 1.89. The molecule has 0 aliphatic carbocycles. The number of hydrogen-bond acceptors (Lipinski definition) is 3. The molecular weight excluding hydrogens is 320 g/mol. The number of sulfone groups is 1. The second-order valence-electron chi connectivity index (χ2n) is 3.01. The van der Waals surface area contributed by atoms with Crippen molar-refractivity contribution in [3.8, 4) is 0 Å². The fraction of sp³-hybridized carbons (Fsp3) is 0.222. The van der Waals surface area contributed by atoms with Crippen LogP contribution in [-0.2, 0) is 14.6 Å².